The zero-order valence-corrected chi connectivity index (χ0v) is 17.7. The van der Waals surface area contributed by atoms with Crippen molar-refractivity contribution in [1.82, 2.24) is 10.6 Å². The summed E-state index contributed by atoms with van der Waals surface area (Å²) >= 11 is 2.21. The SMILES string of the molecule is COC(=O)N[C@H](C(=O)N[C@@H](Cc1ccc(I)cc1)[C@@H](O)CN)C(C)(C)C. The molecule has 0 spiro atoms. The van der Waals surface area contributed by atoms with E-state index in [2.05, 4.69) is 38.0 Å². The lowest BCUT2D eigenvalue weighted by atomic mass is 9.85. The monoisotopic (exact) mass is 477 g/mol. The summed E-state index contributed by atoms with van der Waals surface area (Å²) in [5.41, 5.74) is 6.02. The summed E-state index contributed by atoms with van der Waals surface area (Å²) in [6.07, 6.45) is -1.17. The van der Waals surface area contributed by atoms with Gasteiger partial charge in [0.05, 0.1) is 19.3 Å². The van der Waals surface area contributed by atoms with E-state index in [1.54, 1.807) is 0 Å². The third kappa shape index (κ3) is 7.08. The molecule has 2 amide bonds. The number of alkyl carbamates (subject to hydrolysis) is 1. The molecule has 0 aromatic heterocycles. The van der Waals surface area contributed by atoms with Crippen LogP contribution in [0.15, 0.2) is 24.3 Å². The van der Waals surface area contributed by atoms with Crippen LogP contribution < -0.4 is 16.4 Å². The first-order chi connectivity index (χ1) is 12.1. The van der Waals surface area contributed by atoms with Crippen molar-refractivity contribution in [2.45, 2.75) is 45.4 Å². The van der Waals surface area contributed by atoms with Crippen LogP contribution in [0.5, 0.6) is 0 Å². The van der Waals surface area contributed by atoms with Crippen LogP contribution in [0.25, 0.3) is 0 Å². The van der Waals surface area contributed by atoms with Crippen LogP contribution in [0.3, 0.4) is 0 Å². The van der Waals surface area contributed by atoms with Gasteiger partial charge in [-0.15, -0.1) is 0 Å². The molecule has 0 fully saturated rings. The van der Waals surface area contributed by atoms with E-state index in [1.165, 1.54) is 7.11 Å². The number of hydrogen-bond donors (Lipinski definition) is 4. The summed E-state index contributed by atoms with van der Waals surface area (Å²) in [6, 6.07) is 6.41. The number of rotatable bonds is 7. The van der Waals surface area contributed by atoms with Gasteiger partial charge in [-0.25, -0.2) is 4.79 Å². The van der Waals surface area contributed by atoms with Crippen LogP contribution >= 0.6 is 22.6 Å². The van der Waals surface area contributed by atoms with E-state index < -0.39 is 35.6 Å². The molecule has 3 atom stereocenters. The highest BCUT2D eigenvalue weighted by Gasteiger charge is 2.35. The van der Waals surface area contributed by atoms with E-state index in [9.17, 15) is 14.7 Å². The van der Waals surface area contributed by atoms with E-state index in [4.69, 9.17) is 5.73 Å². The summed E-state index contributed by atoms with van der Waals surface area (Å²) in [5, 5.41) is 15.6. The van der Waals surface area contributed by atoms with E-state index >= 15 is 0 Å². The van der Waals surface area contributed by atoms with Crippen LogP contribution in [0.1, 0.15) is 26.3 Å². The molecule has 0 unspecified atom stereocenters. The number of hydrogen-bond acceptors (Lipinski definition) is 5. The number of carbonyl (C=O) groups excluding carboxylic acids is 2. The smallest absolute Gasteiger partial charge is 0.407 e. The summed E-state index contributed by atoms with van der Waals surface area (Å²) in [4.78, 5) is 24.4. The predicted molar refractivity (Wildman–Crippen MR) is 109 cm³/mol. The third-order valence-electron chi connectivity index (χ3n) is 3.98. The zero-order valence-electron chi connectivity index (χ0n) is 15.6. The molecule has 0 radical (unpaired) electrons. The van der Waals surface area contributed by atoms with Crippen molar-refractivity contribution in [1.29, 1.82) is 0 Å². The van der Waals surface area contributed by atoms with Gasteiger partial charge in [0.25, 0.3) is 0 Å². The zero-order chi connectivity index (χ0) is 19.9. The van der Waals surface area contributed by atoms with Crippen molar-refractivity contribution in [2.24, 2.45) is 11.1 Å². The molecule has 0 saturated heterocycles. The van der Waals surface area contributed by atoms with Gasteiger partial charge in [-0.2, -0.15) is 0 Å². The van der Waals surface area contributed by atoms with Crippen LogP contribution in [-0.2, 0) is 16.0 Å². The molecule has 0 heterocycles. The van der Waals surface area contributed by atoms with Gasteiger partial charge in [0.2, 0.25) is 5.91 Å². The number of aliphatic hydroxyl groups excluding tert-OH is 1. The fourth-order valence-electron chi connectivity index (χ4n) is 2.44. The average molecular weight is 477 g/mol. The Morgan fingerprint density at radius 1 is 1.23 bits per heavy atom. The first-order valence-electron chi connectivity index (χ1n) is 8.36. The molecule has 1 rings (SSSR count). The topological polar surface area (TPSA) is 114 Å². The Hall–Kier alpha value is -1.39. The number of ether oxygens (including phenoxy) is 1. The molecule has 26 heavy (non-hydrogen) atoms. The Morgan fingerprint density at radius 3 is 2.27 bits per heavy atom. The van der Waals surface area contributed by atoms with E-state index in [0.717, 1.165) is 9.13 Å². The van der Waals surface area contributed by atoms with Crippen LogP contribution in [0, 0.1) is 8.99 Å². The maximum atomic E-state index is 12.8. The van der Waals surface area contributed by atoms with E-state index in [-0.39, 0.29) is 6.54 Å². The molecule has 0 aliphatic carbocycles. The lowest BCUT2D eigenvalue weighted by Gasteiger charge is -2.32. The quantitative estimate of drug-likeness (QED) is 0.444. The van der Waals surface area contributed by atoms with Crippen molar-refractivity contribution in [3.8, 4) is 0 Å². The molecular formula is C18H28IN3O4. The Balaban J connectivity index is 2.94. The van der Waals surface area contributed by atoms with Gasteiger partial charge in [-0.1, -0.05) is 32.9 Å². The standard InChI is InChI=1S/C18H28IN3O4/c1-18(2,3)15(22-17(25)26-4)16(24)21-13(14(23)10-20)9-11-5-7-12(19)8-6-11/h5-8,13-15,23H,9-10,20H2,1-4H3,(H,21,24)(H,22,25)/t13-,14-,15+/m0/s1. The normalized spacial score (nSPS) is 14.9. The second-order valence-electron chi connectivity index (χ2n) is 7.18. The molecule has 1 aromatic carbocycles. The van der Waals surface area contributed by atoms with Crippen LogP contribution in [-0.4, -0.2) is 48.9 Å². The highest BCUT2D eigenvalue weighted by atomic mass is 127. The average Bonchev–Trinajstić information content (AvgIpc) is 2.58. The lowest BCUT2D eigenvalue weighted by molar-refractivity contribution is -0.127. The highest BCUT2D eigenvalue weighted by molar-refractivity contribution is 14.1. The van der Waals surface area contributed by atoms with Gasteiger partial charge in [-0.05, 0) is 52.1 Å². The third-order valence-corrected chi connectivity index (χ3v) is 4.70. The maximum Gasteiger partial charge on any atom is 0.407 e. The lowest BCUT2D eigenvalue weighted by Crippen LogP contribution is -2.58. The Kier molecular flexibility index (Phi) is 8.78. The number of aliphatic hydroxyl groups is 1. The molecule has 1 aromatic rings. The highest BCUT2D eigenvalue weighted by Crippen LogP contribution is 2.20. The van der Waals surface area contributed by atoms with Crippen molar-refractivity contribution < 1.29 is 19.4 Å². The van der Waals surface area contributed by atoms with Crippen molar-refractivity contribution in [3.63, 3.8) is 0 Å². The minimum atomic E-state index is -0.906. The van der Waals surface area contributed by atoms with Crippen molar-refractivity contribution in [2.75, 3.05) is 13.7 Å². The van der Waals surface area contributed by atoms with Crippen LogP contribution in [0.2, 0.25) is 0 Å². The minimum absolute atomic E-state index is 0.0138. The molecular weight excluding hydrogens is 449 g/mol. The predicted octanol–water partition coefficient (Wildman–Crippen LogP) is 1.41. The second-order valence-corrected chi connectivity index (χ2v) is 8.43. The molecule has 0 aliphatic rings. The number of nitrogens with two attached hydrogens (primary N) is 1. The molecule has 0 aliphatic heterocycles. The van der Waals surface area contributed by atoms with Gasteiger partial charge >= 0.3 is 6.09 Å². The number of methoxy groups -OCH3 is 1. The maximum absolute atomic E-state index is 12.8. The molecule has 8 heteroatoms. The number of halogens is 1. The molecule has 146 valence electrons. The second kappa shape index (κ2) is 10.1. The van der Waals surface area contributed by atoms with Crippen molar-refractivity contribution >= 4 is 34.6 Å². The summed E-state index contributed by atoms with van der Waals surface area (Å²) in [5.74, 6) is -0.397. The molecule has 0 saturated carbocycles. The van der Waals surface area contributed by atoms with Gasteiger partial charge in [-0.3, -0.25) is 4.79 Å². The summed E-state index contributed by atoms with van der Waals surface area (Å²) < 4.78 is 5.70. The summed E-state index contributed by atoms with van der Waals surface area (Å²) in [6.45, 7) is 5.52. The molecule has 0 bridgehead atoms. The fraction of sp³-hybridized carbons (Fsp3) is 0.556. The largest absolute Gasteiger partial charge is 0.453 e. The van der Waals surface area contributed by atoms with Gasteiger partial charge in [0, 0.05) is 10.1 Å². The Bertz CT molecular complexity index is 601. The number of benzene rings is 1. The molecule has 5 N–H and O–H groups in total. The minimum Gasteiger partial charge on any atom is -0.453 e. The van der Waals surface area contributed by atoms with Gasteiger partial charge in [0.15, 0.2) is 0 Å². The summed E-state index contributed by atoms with van der Waals surface area (Å²) in [7, 11) is 1.24. The number of carbonyl (C=O) groups is 2. The van der Waals surface area contributed by atoms with E-state index in [1.807, 2.05) is 45.0 Å². The molecule has 7 nitrogen and oxygen atoms in total. The number of amides is 2. The van der Waals surface area contributed by atoms with Crippen LogP contribution in [0.4, 0.5) is 4.79 Å². The Labute approximate surface area is 168 Å². The van der Waals surface area contributed by atoms with Crippen molar-refractivity contribution in [3.05, 3.63) is 33.4 Å². The Morgan fingerprint density at radius 2 is 1.81 bits per heavy atom. The first kappa shape index (κ1) is 22.7. The van der Waals surface area contributed by atoms with Gasteiger partial charge < -0.3 is 26.2 Å². The van der Waals surface area contributed by atoms with Gasteiger partial charge in [0.1, 0.15) is 6.04 Å². The fourth-order valence-corrected chi connectivity index (χ4v) is 2.80. The van der Waals surface area contributed by atoms with E-state index in [0.29, 0.717) is 6.42 Å². The first-order valence-corrected chi connectivity index (χ1v) is 9.43. The number of nitrogens with one attached hydrogen (secondary N) is 2.